The minimum Gasteiger partial charge on any atom is -0.497 e. The molecule has 1 aromatic rings. The molecule has 1 unspecified atom stereocenters. The van der Waals surface area contributed by atoms with Crippen LogP contribution in [-0.4, -0.2) is 44.9 Å². The molecule has 1 atom stereocenters. The van der Waals surface area contributed by atoms with Gasteiger partial charge in [-0.1, -0.05) is 0 Å². The van der Waals surface area contributed by atoms with Crippen molar-refractivity contribution in [2.45, 2.75) is 6.04 Å². The number of carbonyl (C=O) groups excluding carboxylic acids is 1. The fourth-order valence-corrected chi connectivity index (χ4v) is 2.06. The van der Waals surface area contributed by atoms with Crippen molar-refractivity contribution in [3.8, 4) is 11.5 Å². The van der Waals surface area contributed by atoms with Crippen molar-refractivity contribution in [3.63, 3.8) is 0 Å². The monoisotopic (exact) mass is 266 g/mol. The Balaban J connectivity index is 2.16. The molecule has 1 fully saturated rings. The van der Waals surface area contributed by atoms with E-state index in [0.717, 1.165) is 5.56 Å². The molecular weight excluding hydrogens is 248 g/mol. The molecule has 6 nitrogen and oxygen atoms in total. The normalized spacial score (nSPS) is 16.2. The molecule has 1 aliphatic heterocycles. The third-order valence-corrected chi connectivity index (χ3v) is 3.10. The number of ether oxygens (including phenoxy) is 3. The van der Waals surface area contributed by atoms with Gasteiger partial charge in [0.25, 0.3) is 0 Å². The number of methoxy groups -OCH3 is 2. The first-order chi connectivity index (χ1) is 9.15. The van der Waals surface area contributed by atoms with Crippen molar-refractivity contribution >= 4 is 6.09 Å². The highest BCUT2D eigenvalue weighted by Crippen LogP contribution is 2.29. The largest absolute Gasteiger partial charge is 0.497 e. The molecule has 1 amide bonds. The third-order valence-electron chi connectivity index (χ3n) is 3.10. The Morgan fingerprint density at radius 1 is 1.42 bits per heavy atom. The summed E-state index contributed by atoms with van der Waals surface area (Å²) in [5.41, 5.74) is 6.96. The lowest BCUT2D eigenvalue weighted by Gasteiger charge is -2.21. The van der Waals surface area contributed by atoms with E-state index in [1.807, 2.05) is 6.07 Å². The van der Waals surface area contributed by atoms with E-state index in [0.29, 0.717) is 31.2 Å². The molecule has 1 saturated heterocycles. The molecule has 1 heterocycles. The van der Waals surface area contributed by atoms with Gasteiger partial charge in [0.2, 0.25) is 0 Å². The number of nitrogens with zero attached hydrogens (tertiary/aromatic N) is 1. The Hall–Kier alpha value is -1.95. The number of benzene rings is 1. The maximum atomic E-state index is 11.4. The summed E-state index contributed by atoms with van der Waals surface area (Å²) in [4.78, 5) is 13.0. The molecule has 104 valence electrons. The van der Waals surface area contributed by atoms with Crippen LogP contribution in [0.2, 0.25) is 0 Å². The predicted octanol–water partition coefficient (Wildman–Crippen LogP) is 1.16. The SMILES string of the molecule is COc1ccc(OC)c(C(N)CN2CCOC2=O)c1. The number of amides is 1. The zero-order chi connectivity index (χ0) is 13.8. The molecule has 2 rings (SSSR count). The molecule has 0 saturated carbocycles. The van der Waals surface area contributed by atoms with E-state index in [-0.39, 0.29) is 12.1 Å². The van der Waals surface area contributed by atoms with E-state index >= 15 is 0 Å². The second-order valence-electron chi connectivity index (χ2n) is 4.27. The van der Waals surface area contributed by atoms with Gasteiger partial charge in [-0.2, -0.15) is 0 Å². The quantitative estimate of drug-likeness (QED) is 0.865. The molecule has 6 heteroatoms. The number of hydrogen-bond donors (Lipinski definition) is 1. The third kappa shape index (κ3) is 2.90. The van der Waals surface area contributed by atoms with Crippen LogP contribution in [0.25, 0.3) is 0 Å². The van der Waals surface area contributed by atoms with Gasteiger partial charge in [-0.3, -0.25) is 0 Å². The molecule has 0 radical (unpaired) electrons. The number of carbonyl (C=O) groups is 1. The first kappa shape index (κ1) is 13.5. The zero-order valence-electron chi connectivity index (χ0n) is 11.1. The lowest BCUT2D eigenvalue weighted by atomic mass is 10.1. The summed E-state index contributed by atoms with van der Waals surface area (Å²) < 4.78 is 15.3. The minimum absolute atomic E-state index is 0.322. The Bertz CT molecular complexity index is 464. The molecule has 0 bridgehead atoms. The van der Waals surface area contributed by atoms with Crippen LogP contribution in [0.4, 0.5) is 4.79 Å². The molecule has 1 aromatic carbocycles. The predicted molar refractivity (Wildman–Crippen MR) is 69.4 cm³/mol. The zero-order valence-corrected chi connectivity index (χ0v) is 11.1. The topological polar surface area (TPSA) is 74.0 Å². The smallest absolute Gasteiger partial charge is 0.410 e. The van der Waals surface area contributed by atoms with E-state index in [9.17, 15) is 4.79 Å². The van der Waals surface area contributed by atoms with Gasteiger partial charge in [-0.05, 0) is 18.2 Å². The molecular formula is C13H18N2O4. The molecule has 19 heavy (non-hydrogen) atoms. The van der Waals surface area contributed by atoms with Gasteiger partial charge in [0.15, 0.2) is 0 Å². The molecule has 0 aromatic heterocycles. The lowest BCUT2D eigenvalue weighted by Crippen LogP contribution is -2.33. The van der Waals surface area contributed by atoms with Crippen LogP contribution in [0.15, 0.2) is 18.2 Å². The van der Waals surface area contributed by atoms with E-state index in [2.05, 4.69) is 0 Å². The number of hydrogen-bond acceptors (Lipinski definition) is 5. The molecule has 2 N–H and O–H groups in total. The fraction of sp³-hybridized carbons (Fsp3) is 0.462. The average Bonchev–Trinajstić information content (AvgIpc) is 2.83. The van der Waals surface area contributed by atoms with Crippen LogP contribution in [0.5, 0.6) is 11.5 Å². The Kier molecular flexibility index (Phi) is 4.11. The van der Waals surface area contributed by atoms with Gasteiger partial charge in [-0.25, -0.2) is 4.79 Å². The number of nitrogens with two attached hydrogens (primary N) is 1. The lowest BCUT2D eigenvalue weighted by molar-refractivity contribution is 0.157. The highest BCUT2D eigenvalue weighted by atomic mass is 16.6. The summed E-state index contributed by atoms with van der Waals surface area (Å²) in [5.74, 6) is 1.39. The van der Waals surface area contributed by atoms with E-state index in [4.69, 9.17) is 19.9 Å². The first-order valence-electron chi connectivity index (χ1n) is 6.05. The van der Waals surface area contributed by atoms with Gasteiger partial charge < -0.3 is 24.8 Å². The second-order valence-corrected chi connectivity index (χ2v) is 4.27. The molecule has 1 aliphatic rings. The van der Waals surface area contributed by atoms with Crippen molar-refractivity contribution in [2.75, 3.05) is 33.9 Å². The first-order valence-corrected chi connectivity index (χ1v) is 6.05. The maximum absolute atomic E-state index is 11.4. The van der Waals surface area contributed by atoms with E-state index in [1.54, 1.807) is 31.3 Å². The highest BCUT2D eigenvalue weighted by Gasteiger charge is 2.25. The fourth-order valence-electron chi connectivity index (χ4n) is 2.06. The van der Waals surface area contributed by atoms with Gasteiger partial charge >= 0.3 is 6.09 Å². The maximum Gasteiger partial charge on any atom is 0.410 e. The van der Waals surface area contributed by atoms with Gasteiger partial charge in [0.05, 0.1) is 26.8 Å². The van der Waals surface area contributed by atoms with Crippen LogP contribution < -0.4 is 15.2 Å². The summed E-state index contributed by atoms with van der Waals surface area (Å²) in [7, 11) is 3.18. The minimum atomic E-state index is -0.351. The van der Waals surface area contributed by atoms with Gasteiger partial charge in [0.1, 0.15) is 18.1 Å². The van der Waals surface area contributed by atoms with Crippen LogP contribution >= 0.6 is 0 Å². The van der Waals surface area contributed by atoms with Crippen molar-refractivity contribution in [3.05, 3.63) is 23.8 Å². The highest BCUT2D eigenvalue weighted by molar-refractivity contribution is 5.69. The van der Waals surface area contributed by atoms with E-state index in [1.165, 1.54) is 0 Å². The van der Waals surface area contributed by atoms with Crippen molar-refractivity contribution in [1.82, 2.24) is 4.90 Å². The average molecular weight is 266 g/mol. The van der Waals surface area contributed by atoms with Crippen LogP contribution in [0, 0.1) is 0 Å². The Morgan fingerprint density at radius 2 is 2.21 bits per heavy atom. The van der Waals surface area contributed by atoms with Gasteiger partial charge in [0, 0.05) is 12.1 Å². The summed E-state index contributed by atoms with van der Waals surface area (Å²) in [5, 5.41) is 0. The van der Waals surface area contributed by atoms with Crippen molar-refractivity contribution in [2.24, 2.45) is 5.73 Å². The van der Waals surface area contributed by atoms with Crippen LogP contribution in [-0.2, 0) is 4.74 Å². The standard InChI is InChI=1S/C13H18N2O4/c1-17-9-3-4-12(18-2)10(7-9)11(14)8-15-5-6-19-13(15)16/h3-4,7,11H,5-6,8,14H2,1-2H3. The van der Waals surface area contributed by atoms with Crippen molar-refractivity contribution in [1.29, 1.82) is 0 Å². The second kappa shape index (κ2) is 5.79. The van der Waals surface area contributed by atoms with E-state index < -0.39 is 0 Å². The number of cyclic esters (lactones) is 1. The Labute approximate surface area is 112 Å². The van der Waals surface area contributed by atoms with Crippen LogP contribution in [0.3, 0.4) is 0 Å². The van der Waals surface area contributed by atoms with Crippen molar-refractivity contribution < 1.29 is 19.0 Å². The summed E-state index contributed by atoms with van der Waals surface area (Å²) in [6.07, 6.45) is -0.322. The molecule has 0 aliphatic carbocycles. The van der Waals surface area contributed by atoms with Gasteiger partial charge in [-0.15, -0.1) is 0 Å². The Morgan fingerprint density at radius 3 is 2.79 bits per heavy atom. The summed E-state index contributed by atoms with van der Waals surface area (Å²) in [6, 6.07) is 5.08. The number of rotatable bonds is 5. The summed E-state index contributed by atoms with van der Waals surface area (Å²) in [6.45, 7) is 1.38. The van der Waals surface area contributed by atoms with Crippen LogP contribution in [0.1, 0.15) is 11.6 Å². The molecule has 0 spiro atoms. The summed E-state index contributed by atoms with van der Waals surface area (Å²) >= 11 is 0.